The molecule has 1 spiro atoms. The van der Waals surface area contributed by atoms with Gasteiger partial charge in [-0.1, -0.05) is 11.8 Å². The van der Waals surface area contributed by atoms with Gasteiger partial charge in [-0.15, -0.1) is 0 Å². The van der Waals surface area contributed by atoms with Gasteiger partial charge in [-0.2, -0.15) is 0 Å². The highest BCUT2D eigenvalue weighted by molar-refractivity contribution is 9.10. The molecule has 7 heteroatoms. The van der Waals surface area contributed by atoms with E-state index in [-0.39, 0.29) is 12.6 Å². The number of nitrogens with zero attached hydrogens (tertiary/aromatic N) is 2. The summed E-state index contributed by atoms with van der Waals surface area (Å²) in [5.41, 5.74) is 6.23. The zero-order valence-electron chi connectivity index (χ0n) is 14.2. The van der Waals surface area contributed by atoms with E-state index in [0.29, 0.717) is 11.6 Å². The van der Waals surface area contributed by atoms with Crippen molar-refractivity contribution in [3.05, 3.63) is 51.6 Å². The van der Waals surface area contributed by atoms with Crippen molar-refractivity contribution in [2.75, 3.05) is 6.61 Å². The number of aliphatic hydroxyl groups is 1. The highest BCUT2D eigenvalue weighted by Gasteiger charge is 2.47. The number of aliphatic imine (C=N–C) groups is 1. The molecule has 0 unspecified atom stereocenters. The van der Waals surface area contributed by atoms with E-state index in [4.69, 9.17) is 15.2 Å². The summed E-state index contributed by atoms with van der Waals surface area (Å²) >= 11 is 3.45. The zero-order valence-corrected chi connectivity index (χ0v) is 15.8. The Hall–Kier alpha value is -2.56. The van der Waals surface area contributed by atoms with Crippen LogP contribution >= 0.6 is 15.9 Å². The maximum Gasteiger partial charge on any atom is 0.283 e. The fraction of sp³-hybridized carbons (Fsp3) is 0.263. The first-order valence-electron chi connectivity index (χ1n) is 7.99. The number of hydrogen-bond acceptors (Lipinski definition) is 6. The van der Waals surface area contributed by atoms with Crippen molar-refractivity contribution in [1.29, 1.82) is 0 Å². The third-order valence-electron chi connectivity index (χ3n) is 4.14. The van der Waals surface area contributed by atoms with Crippen LogP contribution < -0.4 is 10.5 Å². The van der Waals surface area contributed by atoms with Crippen LogP contribution in [0.15, 0.2) is 39.9 Å². The molecule has 0 radical (unpaired) electrons. The Bertz CT molecular complexity index is 1000. The van der Waals surface area contributed by atoms with Crippen molar-refractivity contribution >= 4 is 22.0 Å². The second-order valence-electron chi connectivity index (χ2n) is 6.73. The first kappa shape index (κ1) is 16.9. The normalized spacial score (nSPS) is 20.2. The van der Waals surface area contributed by atoms with Gasteiger partial charge in [0.15, 0.2) is 5.54 Å². The first-order chi connectivity index (χ1) is 12.3. The standard InChI is InChI=1S/C19H16BrN3O3/c1-18(2,24)6-5-11-3-4-15-13(7-11)19(10-25-17(21)23-19)14-8-12(20)9-22-16(14)26-15/h3-4,7-9,24H,10H2,1-2H3,(H2,21,23)/t19-/m0/s1. The van der Waals surface area contributed by atoms with E-state index in [9.17, 15) is 5.11 Å². The minimum absolute atomic E-state index is 0.122. The van der Waals surface area contributed by atoms with Crippen LogP contribution in [0.4, 0.5) is 0 Å². The predicted molar refractivity (Wildman–Crippen MR) is 100.0 cm³/mol. The van der Waals surface area contributed by atoms with Gasteiger partial charge in [0, 0.05) is 21.8 Å². The zero-order chi connectivity index (χ0) is 18.5. The predicted octanol–water partition coefficient (Wildman–Crippen LogP) is 2.66. The number of aromatic nitrogens is 1. The van der Waals surface area contributed by atoms with Crippen LogP contribution in [0.1, 0.15) is 30.5 Å². The van der Waals surface area contributed by atoms with Crippen molar-refractivity contribution < 1.29 is 14.6 Å². The van der Waals surface area contributed by atoms with E-state index < -0.39 is 11.1 Å². The molecule has 0 saturated heterocycles. The van der Waals surface area contributed by atoms with Crippen molar-refractivity contribution in [3.63, 3.8) is 0 Å². The fourth-order valence-corrected chi connectivity index (χ4v) is 3.34. The van der Waals surface area contributed by atoms with Crippen molar-refractivity contribution in [3.8, 4) is 23.5 Å². The van der Waals surface area contributed by atoms with Gasteiger partial charge in [-0.3, -0.25) is 0 Å². The summed E-state index contributed by atoms with van der Waals surface area (Å²) in [6, 6.07) is 7.58. The summed E-state index contributed by atoms with van der Waals surface area (Å²) in [4.78, 5) is 8.94. The number of hydrogen-bond donors (Lipinski definition) is 2. The molecule has 0 fully saturated rings. The van der Waals surface area contributed by atoms with Gasteiger partial charge in [0.05, 0.1) is 5.56 Å². The SMILES string of the molecule is CC(C)(O)C#Cc1ccc2c(c1)[C@@]1(COC(N)=N1)c1cc(Br)cnc1O2. The molecular formula is C19H16BrN3O3. The lowest BCUT2D eigenvalue weighted by atomic mass is 9.82. The van der Waals surface area contributed by atoms with Crippen LogP contribution in [0.2, 0.25) is 0 Å². The molecule has 2 aliphatic heterocycles. The maximum absolute atomic E-state index is 9.85. The molecule has 2 aliphatic rings. The van der Waals surface area contributed by atoms with Crippen LogP contribution in [-0.4, -0.2) is 28.3 Å². The third-order valence-corrected chi connectivity index (χ3v) is 4.57. The summed E-state index contributed by atoms with van der Waals surface area (Å²) in [6.07, 6.45) is 1.67. The Balaban J connectivity index is 1.92. The van der Waals surface area contributed by atoms with Crippen LogP contribution in [0.25, 0.3) is 0 Å². The van der Waals surface area contributed by atoms with Crippen LogP contribution in [0, 0.1) is 11.8 Å². The highest BCUT2D eigenvalue weighted by atomic mass is 79.9. The molecule has 0 saturated carbocycles. The lowest BCUT2D eigenvalue weighted by Gasteiger charge is -2.32. The van der Waals surface area contributed by atoms with E-state index >= 15 is 0 Å². The first-order valence-corrected chi connectivity index (χ1v) is 8.78. The number of pyridine rings is 1. The molecule has 1 aromatic carbocycles. The molecule has 4 rings (SSSR count). The molecule has 1 aromatic heterocycles. The fourth-order valence-electron chi connectivity index (χ4n) is 3.01. The Morgan fingerprint density at radius 3 is 2.81 bits per heavy atom. The second-order valence-corrected chi connectivity index (χ2v) is 7.64. The number of benzene rings is 1. The van der Waals surface area contributed by atoms with Crippen LogP contribution in [0.3, 0.4) is 0 Å². The maximum atomic E-state index is 9.85. The Morgan fingerprint density at radius 2 is 2.12 bits per heavy atom. The number of fused-ring (bicyclic) bond motifs is 4. The van der Waals surface area contributed by atoms with Gasteiger partial charge in [-0.25, -0.2) is 9.98 Å². The van der Waals surface area contributed by atoms with Gasteiger partial charge in [-0.05, 0) is 54.0 Å². The summed E-state index contributed by atoms with van der Waals surface area (Å²) in [7, 11) is 0. The second kappa shape index (κ2) is 5.73. The van der Waals surface area contributed by atoms with Gasteiger partial charge < -0.3 is 20.3 Å². The average Bonchev–Trinajstić information content (AvgIpc) is 2.96. The van der Waals surface area contributed by atoms with E-state index in [1.807, 2.05) is 24.3 Å². The summed E-state index contributed by atoms with van der Waals surface area (Å²) < 4.78 is 12.3. The molecule has 0 aliphatic carbocycles. The monoisotopic (exact) mass is 413 g/mol. The van der Waals surface area contributed by atoms with E-state index in [2.05, 4.69) is 37.7 Å². The molecule has 0 bridgehead atoms. The van der Waals surface area contributed by atoms with Crippen molar-refractivity contribution in [2.45, 2.75) is 25.0 Å². The summed E-state index contributed by atoms with van der Waals surface area (Å²) in [5, 5.41) is 9.85. The molecule has 2 aromatic rings. The van der Waals surface area contributed by atoms with Crippen LogP contribution in [-0.2, 0) is 10.3 Å². The Morgan fingerprint density at radius 1 is 1.31 bits per heavy atom. The van der Waals surface area contributed by atoms with E-state index in [1.165, 1.54) is 0 Å². The summed E-state index contributed by atoms with van der Waals surface area (Å²) in [6.45, 7) is 3.53. The number of halogens is 1. The largest absolute Gasteiger partial charge is 0.462 e. The number of amidine groups is 1. The molecule has 3 heterocycles. The molecule has 132 valence electrons. The Kier molecular flexibility index (Phi) is 3.72. The third kappa shape index (κ3) is 2.81. The Labute approximate surface area is 159 Å². The van der Waals surface area contributed by atoms with E-state index in [1.54, 1.807) is 20.0 Å². The average molecular weight is 414 g/mol. The lowest BCUT2D eigenvalue weighted by molar-refractivity contribution is 0.143. The van der Waals surface area contributed by atoms with Gasteiger partial charge in [0.25, 0.3) is 6.02 Å². The smallest absolute Gasteiger partial charge is 0.283 e. The van der Waals surface area contributed by atoms with Gasteiger partial charge >= 0.3 is 0 Å². The van der Waals surface area contributed by atoms with Crippen LogP contribution in [0.5, 0.6) is 11.6 Å². The molecule has 26 heavy (non-hydrogen) atoms. The topological polar surface area (TPSA) is 90.0 Å². The summed E-state index contributed by atoms with van der Waals surface area (Å²) in [5.74, 6) is 6.90. The molecular weight excluding hydrogens is 398 g/mol. The molecule has 0 amide bonds. The van der Waals surface area contributed by atoms with E-state index in [0.717, 1.165) is 21.2 Å². The molecule has 6 nitrogen and oxygen atoms in total. The minimum atomic E-state index is -1.08. The quantitative estimate of drug-likeness (QED) is 0.647. The number of nitrogens with two attached hydrogens (primary N) is 1. The van der Waals surface area contributed by atoms with Gasteiger partial charge in [0.2, 0.25) is 5.88 Å². The highest BCUT2D eigenvalue weighted by Crippen LogP contribution is 2.50. The molecule has 3 N–H and O–H groups in total. The number of rotatable bonds is 0. The molecule has 1 atom stereocenters. The van der Waals surface area contributed by atoms with Gasteiger partial charge in [0.1, 0.15) is 18.0 Å². The van der Waals surface area contributed by atoms with Crippen molar-refractivity contribution in [2.24, 2.45) is 10.7 Å². The minimum Gasteiger partial charge on any atom is -0.462 e. The number of ether oxygens (including phenoxy) is 2. The van der Waals surface area contributed by atoms with Crippen molar-refractivity contribution in [1.82, 2.24) is 4.98 Å². The lowest BCUT2D eigenvalue weighted by Crippen LogP contribution is -2.31.